The maximum atomic E-state index is 11.9. The van der Waals surface area contributed by atoms with E-state index in [1.165, 1.54) is 29.5 Å². The van der Waals surface area contributed by atoms with Crippen molar-refractivity contribution in [2.75, 3.05) is 0 Å². The van der Waals surface area contributed by atoms with Gasteiger partial charge in [0.2, 0.25) is 0 Å². The quantitative estimate of drug-likeness (QED) is 0.386. The number of aryl methyl sites for hydroxylation is 1. The second kappa shape index (κ2) is 7.63. The minimum absolute atomic E-state index is 0.746. The van der Waals surface area contributed by atoms with E-state index >= 15 is 0 Å². The van der Waals surface area contributed by atoms with Gasteiger partial charge in [0.05, 0.1) is 5.69 Å². The predicted octanol–water partition coefficient (Wildman–Crippen LogP) is 6.66. The first-order valence-electron chi connectivity index (χ1n) is 9.56. The molecular formula is C25H23NO. The standard InChI is InChI=1S/C25H23NO/c1-2-3-7-18-10-15-24-22(16-18)23(17-27)25(26-24)21-13-11-20(12-14-21)19-8-5-4-6-9-19/h4-6,8-17,26H,2-3,7H2,1H3. The number of unbranched alkanes of at least 4 members (excludes halogenated alkanes) is 1. The average molecular weight is 353 g/mol. The minimum Gasteiger partial charge on any atom is -0.354 e. The van der Waals surface area contributed by atoms with Crippen molar-refractivity contribution in [3.63, 3.8) is 0 Å². The molecule has 0 amide bonds. The number of hydrogen-bond acceptors (Lipinski definition) is 1. The molecule has 27 heavy (non-hydrogen) atoms. The highest BCUT2D eigenvalue weighted by atomic mass is 16.1. The van der Waals surface area contributed by atoms with Crippen molar-refractivity contribution in [3.05, 3.63) is 83.9 Å². The van der Waals surface area contributed by atoms with Crippen molar-refractivity contribution in [3.8, 4) is 22.4 Å². The fourth-order valence-corrected chi connectivity index (χ4v) is 3.61. The summed E-state index contributed by atoms with van der Waals surface area (Å²) in [5, 5.41) is 1.01. The van der Waals surface area contributed by atoms with Crippen molar-refractivity contribution in [1.29, 1.82) is 0 Å². The van der Waals surface area contributed by atoms with Crippen molar-refractivity contribution in [1.82, 2.24) is 4.98 Å². The topological polar surface area (TPSA) is 32.9 Å². The van der Waals surface area contributed by atoms with Gasteiger partial charge < -0.3 is 4.98 Å². The number of carbonyl (C=O) groups is 1. The molecule has 1 N–H and O–H groups in total. The molecule has 2 nitrogen and oxygen atoms in total. The second-order valence-electron chi connectivity index (χ2n) is 6.96. The van der Waals surface area contributed by atoms with Crippen molar-refractivity contribution in [2.45, 2.75) is 26.2 Å². The molecule has 0 radical (unpaired) electrons. The van der Waals surface area contributed by atoms with Crippen LogP contribution in [0.3, 0.4) is 0 Å². The lowest BCUT2D eigenvalue weighted by molar-refractivity contribution is 0.112. The van der Waals surface area contributed by atoms with Gasteiger partial charge in [0.25, 0.3) is 0 Å². The lowest BCUT2D eigenvalue weighted by atomic mass is 10.0. The summed E-state index contributed by atoms with van der Waals surface area (Å²) in [6.07, 6.45) is 4.37. The van der Waals surface area contributed by atoms with Gasteiger partial charge >= 0.3 is 0 Å². The second-order valence-corrected chi connectivity index (χ2v) is 6.96. The fourth-order valence-electron chi connectivity index (χ4n) is 3.61. The number of rotatable bonds is 6. The van der Waals surface area contributed by atoms with Gasteiger partial charge in [-0.15, -0.1) is 0 Å². The molecule has 0 saturated heterocycles. The molecule has 0 aliphatic carbocycles. The molecule has 0 saturated carbocycles. The summed E-state index contributed by atoms with van der Waals surface area (Å²) in [5.74, 6) is 0. The predicted molar refractivity (Wildman–Crippen MR) is 113 cm³/mol. The zero-order chi connectivity index (χ0) is 18.6. The van der Waals surface area contributed by atoms with Crippen molar-refractivity contribution >= 4 is 17.2 Å². The molecule has 4 aromatic rings. The molecule has 2 heteroatoms. The molecular weight excluding hydrogens is 330 g/mol. The van der Waals surface area contributed by atoms with Gasteiger partial charge in [0, 0.05) is 16.5 Å². The number of aldehydes is 1. The summed E-state index contributed by atoms with van der Waals surface area (Å²) >= 11 is 0. The number of benzene rings is 3. The number of aromatic nitrogens is 1. The Labute approximate surface area is 159 Å². The van der Waals surface area contributed by atoms with Crippen molar-refractivity contribution < 1.29 is 4.79 Å². The Morgan fingerprint density at radius 1 is 0.852 bits per heavy atom. The van der Waals surface area contributed by atoms with E-state index in [1.54, 1.807) is 0 Å². The third kappa shape index (κ3) is 3.43. The summed E-state index contributed by atoms with van der Waals surface area (Å²) < 4.78 is 0. The van der Waals surface area contributed by atoms with Crippen LogP contribution in [0.5, 0.6) is 0 Å². The highest BCUT2D eigenvalue weighted by molar-refractivity contribution is 6.04. The van der Waals surface area contributed by atoms with E-state index in [9.17, 15) is 4.79 Å². The molecule has 0 fully saturated rings. The van der Waals surface area contributed by atoms with E-state index in [4.69, 9.17) is 0 Å². The first-order chi connectivity index (χ1) is 13.3. The molecule has 0 unspecified atom stereocenters. The van der Waals surface area contributed by atoms with Crippen molar-refractivity contribution in [2.24, 2.45) is 0 Å². The molecule has 134 valence electrons. The van der Waals surface area contributed by atoms with Crippen LogP contribution in [0.25, 0.3) is 33.3 Å². The first kappa shape index (κ1) is 17.3. The van der Waals surface area contributed by atoms with Crippen LogP contribution in [0, 0.1) is 0 Å². The van der Waals surface area contributed by atoms with Gasteiger partial charge in [-0.05, 0) is 47.2 Å². The van der Waals surface area contributed by atoms with Crippen LogP contribution in [-0.2, 0) is 6.42 Å². The highest BCUT2D eigenvalue weighted by Crippen LogP contribution is 2.31. The van der Waals surface area contributed by atoms with Gasteiger partial charge in [-0.1, -0.05) is 74.0 Å². The molecule has 4 rings (SSSR count). The van der Waals surface area contributed by atoms with Crippen LogP contribution in [0.2, 0.25) is 0 Å². The largest absolute Gasteiger partial charge is 0.354 e. The first-order valence-corrected chi connectivity index (χ1v) is 9.56. The van der Waals surface area contributed by atoms with Gasteiger partial charge in [-0.25, -0.2) is 0 Å². The van der Waals surface area contributed by atoms with Crippen LogP contribution >= 0.6 is 0 Å². The molecule has 0 atom stereocenters. The average Bonchev–Trinajstić information content (AvgIpc) is 3.11. The number of fused-ring (bicyclic) bond motifs is 1. The van der Waals surface area contributed by atoms with Gasteiger partial charge in [0.15, 0.2) is 6.29 Å². The van der Waals surface area contributed by atoms with Crippen LogP contribution in [-0.4, -0.2) is 11.3 Å². The molecule has 1 heterocycles. The van der Waals surface area contributed by atoms with Gasteiger partial charge in [-0.3, -0.25) is 4.79 Å². The fraction of sp³-hybridized carbons (Fsp3) is 0.160. The maximum absolute atomic E-state index is 11.9. The van der Waals surface area contributed by atoms with E-state index in [-0.39, 0.29) is 0 Å². The van der Waals surface area contributed by atoms with E-state index in [0.717, 1.165) is 40.4 Å². The summed E-state index contributed by atoms with van der Waals surface area (Å²) in [7, 11) is 0. The number of nitrogens with one attached hydrogen (secondary N) is 1. The Morgan fingerprint density at radius 3 is 2.26 bits per heavy atom. The van der Waals surface area contributed by atoms with Crippen LogP contribution in [0.15, 0.2) is 72.8 Å². The highest BCUT2D eigenvalue weighted by Gasteiger charge is 2.13. The SMILES string of the molecule is CCCCc1ccc2[nH]c(-c3ccc(-c4ccccc4)cc3)c(C=O)c2c1. The number of hydrogen-bond donors (Lipinski definition) is 1. The van der Waals surface area contributed by atoms with Gasteiger partial charge in [-0.2, -0.15) is 0 Å². The molecule has 0 spiro atoms. The molecule has 1 aromatic heterocycles. The third-order valence-corrected chi connectivity index (χ3v) is 5.12. The summed E-state index contributed by atoms with van der Waals surface area (Å²) in [5.41, 5.74) is 7.34. The lowest BCUT2D eigenvalue weighted by Gasteiger charge is -2.04. The number of carbonyl (C=O) groups excluding carboxylic acids is 1. The smallest absolute Gasteiger partial charge is 0.152 e. The van der Waals surface area contributed by atoms with E-state index in [2.05, 4.69) is 66.5 Å². The Kier molecular flexibility index (Phi) is 4.88. The van der Waals surface area contributed by atoms with Crippen LogP contribution < -0.4 is 0 Å². The lowest BCUT2D eigenvalue weighted by Crippen LogP contribution is -1.86. The Hall–Kier alpha value is -3.13. The molecule has 0 aliphatic heterocycles. The monoisotopic (exact) mass is 353 g/mol. The number of aromatic amines is 1. The zero-order valence-corrected chi connectivity index (χ0v) is 15.5. The number of H-pyrrole nitrogens is 1. The van der Waals surface area contributed by atoms with Crippen LogP contribution in [0.1, 0.15) is 35.7 Å². The third-order valence-electron chi connectivity index (χ3n) is 5.12. The Morgan fingerprint density at radius 2 is 1.56 bits per heavy atom. The minimum atomic E-state index is 0.746. The molecule has 3 aromatic carbocycles. The normalized spacial score (nSPS) is 11.0. The zero-order valence-electron chi connectivity index (χ0n) is 15.5. The summed E-state index contributed by atoms with van der Waals surface area (Å²) in [6, 6.07) is 25.1. The van der Waals surface area contributed by atoms with Crippen LogP contribution in [0.4, 0.5) is 0 Å². The molecule has 0 aliphatic rings. The summed E-state index contributed by atoms with van der Waals surface area (Å²) in [6.45, 7) is 2.20. The Balaban J connectivity index is 1.73. The summed E-state index contributed by atoms with van der Waals surface area (Å²) in [4.78, 5) is 15.3. The molecule has 0 bridgehead atoms. The Bertz CT molecular complexity index is 1060. The maximum Gasteiger partial charge on any atom is 0.152 e. The van der Waals surface area contributed by atoms with Gasteiger partial charge in [0.1, 0.15) is 0 Å². The van der Waals surface area contributed by atoms with E-state index in [1.807, 2.05) is 18.2 Å². The van der Waals surface area contributed by atoms with E-state index in [0.29, 0.717) is 0 Å². The van der Waals surface area contributed by atoms with E-state index < -0.39 is 0 Å².